The van der Waals surface area contributed by atoms with Gasteiger partial charge >= 0.3 is 0 Å². The number of benzene rings is 1. The first-order chi connectivity index (χ1) is 13.4. The number of aromatic nitrogens is 5. The predicted octanol–water partition coefficient (Wildman–Crippen LogP) is 3.75. The van der Waals surface area contributed by atoms with Crippen molar-refractivity contribution in [3.05, 3.63) is 64.0 Å². The molecule has 3 aromatic heterocycles. The Labute approximate surface area is 159 Å². The second-order valence-corrected chi connectivity index (χ2v) is 7.24. The molecule has 144 valence electrons. The third-order valence-electron chi connectivity index (χ3n) is 5.14. The molecule has 28 heavy (non-hydrogen) atoms. The van der Waals surface area contributed by atoms with E-state index in [-0.39, 0.29) is 18.0 Å². The largest absolute Gasteiger partial charge is 0.319 e. The number of nitrogens with one attached hydrogen (secondary N) is 1. The van der Waals surface area contributed by atoms with Crippen LogP contribution < -0.4 is 5.56 Å². The van der Waals surface area contributed by atoms with Gasteiger partial charge in [0.15, 0.2) is 22.9 Å². The molecule has 3 heterocycles. The number of fused-ring (bicyclic) bond motifs is 2. The minimum Gasteiger partial charge on any atom is -0.319 e. The molecule has 1 N–H and O–H groups in total. The summed E-state index contributed by atoms with van der Waals surface area (Å²) in [4.78, 5) is 27.8. The molecule has 8 heteroatoms. The predicted molar refractivity (Wildman–Crippen MR) is 102 cm³/mol. The van der Waals surface area contributed by atoms with Gasteiger partial charge in [-0.1, -0.05) is 20.8 Å². The maximum absolute atomic E-state index is 14.2. The fourth-order valence-electron chi connectivity index (χ4n) is 3.31. The van der Waals surface area contributed by atoms with E-state index in [1.807, 2.05) is 4.57 Å². The first kappa shape index (κ1) is 18.2. The first-order valence-corrected chi connectivity index (χ1v) is 9.04. The number of aromatic amines is 1. The van der Waals surface area contributed by atoms with Crippen LogP contribution in [-0.2, 0) is 6.54 Å². The number of hydrogen-bond donors (Lipinski definition) is 1. The summed E-state index contributed by atoms with van der Waals surface area (Å²) in [5.41, 5.74) is 1.01. The molecule has 0 bridgehead atoms. The number of H-pyrrole nitrogens is 1. The van der Waals surface area contributed by atoms with Gasteiger partial charge in [-0.25, -0.2) is 23.7 Å². The summed E-state index contributed by atoms with van der Waals surface area (Å²) in [6, 6.07) is 3.92. The average molecular weight is 383 g/mol. The van der Waals surface area contributed by atoms with Gasteiger partial charge in [-0.15, -0.1) is 0 Å². The van der Waals surface area contributed by atoms with Crippen LogP contribution in [0.5, 0.6) is 0 Å². The molecule has 1 unspecified atom stereocenters. The molecule has 0 spiro atoms. The number of nitrogens with zero attached hydrogens (tertiary/aromatic N) is 4. The summed E-state index contributed by atoms with van der Waals surface area (Å²) in [6.07, 6.45) is 3.15. The van der Waals surface area contributed by atoms with Crippen LogP contribution in [0.25, 0.3) is 22.2 Å². The van der Waals surface area contributed by atoms with Crippen molar-refractivity contribution in [2.45, 2.75) is 33.2 Å². The highest BCUT2D eigenvalue weighted by Gasteiger charge is 2.22. The van der Waals surface area contributed by atoms with E-state index >= 15 is 0 Å². The Kier molecular flexibility index (Phi) is 4.41. The van der Waals surface area contributed by atoms with Crippen molar-refractivity contribution in [2.75, 3.05) is 0 Å². The van der Waals surface area contributed by atoms with E-state index in [4.69, 9.17) is 0 Å². The number of hydrogen-bond acceptors (Lipinski definition) is 4. The van der Waals surface area contributed by atoms with Gasteiger partial charge in [0.25, 0.3) is 0 Å². The molecular weight excluding hydrogens is 364 g/mol. The number of imidazole rings is 1. The van der Waals surface area contributed by atoms with Crippen molar-refractivity contribution < 1.29 is 8.78 Å². The van der Waals surface area contributed by atoms with Gasteiger partial charge in [-0.3, -0.25) is 4.79 Å². The Morgan fingerprint density at radius 2 is 1.89 bits per heavy atom. The maximum Gasteiger partial charge on any atom is 0.248 e. The minimum absolute atomic E-state index is 0.110. The van der Waals surface area contributed by atoms with Gasteiger partial charge in [-0.2, -0.15) is 0 Å². The molecule has 4 aromatic rings. The van der Waals surface area contributed by atoms with E-state index in [0.717, 1.165) is 11.9 Å². The fraction of sp³-hybridized carbons (Fsp3) is 0.300. The Hall–Kier alpha value is -3.16. The molecule has 0 radical (unpaired) electrons. The molecule has 0 saturated carbocycles. The lowest BCUT2D eigenvalue weighted by molar-refractivity contribution is 0.493. The van der Waals surface area contributed by atoms with E-state index in [1.165, 1.54) is 12.1 Å². The summed E-state index contributed by atoms with van der Waals surface area (Å²) >= 11 is 0. The average Bonchev–Trinajstić information content (AvgIpc) is 3.03. The molecular formula is C20H19F2N5O. The number of rotatable bonds is 4. The molecule has 1 aromatic carbocycles. The second-order valence-electron chi connectivity index (χ2n) is 7.24. The van der Waals surface area contributed by atoms with Crippen LogP contribution in [0, 0.1) is 17.6 Å². The van der Waals surface area contributed by atoms with Crippen LogP contribution >= 0.6 is 0 Å². The van der Waals surface area contributed by atoms with Crippen LogP contribution in [0.4, 0.5) is 8.78 Å². The van der Waals surface area contributed by atoms with E-state index in [2.05, 4.69) is 40.7 Å². The lowest BCUT2D eigenvalue weighted by Crippen LogP contribution is -2.15. The van der Waals surface area contributed by atoms with Gasteiger partial charge in [-0.05, 0) is 23.6 Å². The highest BCUT2D eigenvalue weighted by molar-refractivity contribution is 5.82. The van der Waals surface area contributed by atoms with Crippen molar-refractivity contribution in [2.24, 2.45) is 5.92 Å². The number of halogens is 2. The number of pyridine rings is 1. The van der Waals surface area contributed by atoms with Crippen LogP contribution in [0.2, 0.25) is 0 Å². The van der Waals surface area contributed by atoms with E-state index < -0.39 is 17.2 Å². The molecule has 0 amide bonds. The highest BCUT2D eigenvalue weighted by atomic mass is 19.2. The first-order valence-electron chi connectivity index (χ1n) is 9.04. The Morgan fingerprint density at radius 3 is 2.64 bits per heavy atom. The molecule has 4 rings (SSSR count). The standard InChI is InChI=1S/C20H19F2N5O/c1-10(2)11(3)19-26-18-20(24-7-6-23-18)27(19)9-12-8-15(28)25-17-13(12)4-5-14(21)16(17)22/h4-8,10-11H,9H2,1-3H3,(H,25,28). The van der Waals surface area contributed by atoms with E-state index in [9.17, 15) is 13.6 Å². The normalized spacial score (nSPS) is 12.9. The van der Waals surface area contributed by atoms with Crippen molar-refractivity contribution in [3.63, 3.8) is 0 Å². The van der Waals surface area contributed by atoms with Gasteiger partial charge in [0, 0.05) is 29.8 Å². The van der Waals surface area contributed by atoms with Crippen molar-refractivity contribution in [3.8, 4) is 0 Å². The third kappa shape index (κ3) is 2.94. The quantitative estimate of drug-likeness (QED) is 0.582. The summed E-state index contributed by atoms with van der Waals surface area (Å²) in [7, 11) is 0. The second kappa shape index (κ2) is 6.78. The van der Waals surface area contributed by atoms with Crippen molar-refractivity contribution in [1.29, 1.82) is 0 Å². The van der Waals surface area contributed by atoms with Crippen molar-refractivity contribution >= 4 is 22.2 Å². The summed E-state index contributed by atoms with van der Waals surface area (Å²) in [5, 5.41) is 0.437. The topological polar surface area (TPSA) is 76.5 Å². The van der Waals surface area contributed by atoms with Crippen LogP contribution in [0.1, 0.15) is 38.1 Å². The van der Waals surface area contributed by atoms with Crippen LogP contribution in [0.3, 0.4) is 0 Å². The summed E-state index contributed by atoms with van der Waals surface area (Å²) in [5.74, 6) is -0.862. The smallest absolute Gasteiger partial charge is 0.248 e. The van der Waals surface area contributed by atoms with Gasteiger partial charge in [0.2, 0.25) is 5.56 Å². The van der Waals surface area contributed by atoms with Crippen molar-refractivity contribution in [1.82, 2.24) is 24.5 Å². The third-order valence-corrected chi connectivity index (χ3v) is 5.14. The molecule has 1 atom stereocenters. The highest BCUT2D eigenvalue weighted by Crippen LogP contribution is 2.28. The maximum atomic E-state index is 14.2. The Balaban J connectivity index is 1.95. The fourth-order valence-corrected chi connectivity index (χ4v) is 3.31. The van der Waals surface area contributed by atoms with Gasteiger partial charge in [0.05, 0.1) is 12.1 Å². The molecule has 0 aliphatic carbocycles. The SMILES string of the molecule is CC(C)C(C)c1nc2nccnc2n1Cc1cc(=O)[nH]c2c(F)c(F)ccc12. The molecule has 0 saturated heterocycles. The van der Waals surface area contributed by atoms with Gasteiger partial charge in [0.1, 0.15) is 5.82 Å². The van der Waals surface area contributed by atoms with Crippen LogP contribution in [-0.4, -0.2) is 24.5 Å². The Morgan fingerprint density at radius 1 is 1.14 bits per heavy atom. The van der Waals surface area contributed by atoms with Gasteiger partial charge < -0.3 is 9.55 Å². The lowest BCUT2D eigenvalue weighted by Gasteiger charge is -2.18. The van der Waals surface area contributed by atoms with E-state index in [0.29, 0.717) is 28.2 Å². The zero-order chi connectivity index (χ0) is 20.0. The Bertz CT molecular complexity index is 1240. The summed E-state index contributed by atoms with van der Waals surface area (Å²) < 4.78 is 29.7. The molecule has 0 aliphatic rings. The monoisotopic (exact) mass is 383 g/mol. The van der Waals surface area contributed by atoms with E-state index in [1.54, 1.807) is 12.4 Å². The lowest BCUT2D eigenvalue weighted by atomic mass is 9.97. The minimum atomic E-state index is -1.07. The molecule has 6 nitrogen and oxygen atoms in total. The zero-order valence-electron chi connectivity index (χ0n) is 15.7. The molecule has 0 fully saturated rings. The molecule has 0 aliphatic heterocycles. The zero-order valence-corrected chi connectivity index (χ0v) is 15.7. The van der Waals surface area contributed by atoms with Crippen LogP contribution in [0.15, 0.2) is 35.4 Å². The summed E-state index contributed by atoms with van der Waals surface area (Å²) in [6.45, 7) is 6.49.